The summed E-state index contributed by atoms with van der Waals surface area (Å²) in [5, 5.41) is 12.0. The summed E-state index contributed by atoms with van der Waals surface area (Å²) in [6, 6.07) is 2.05. The summed E-state index contributed by atoms with van der Waals surface area (Å²) < 4.78 is 14.7. The number of benzene rings is 1. The molecule has 20 heavy (non-hydrogen) atoms. The van der Waals surface area contributed by atoms with Crippen LogP contribution in [0, 0.1) is 11.0 Å². The molecule has 0 atom stereocenters. The summed E-state index contributed by atoms with van der Waals surface area (Å²) in [7, 11) is 1.35. The first-order chi connectivity index (χ1) is 9.40. The first-order valence-corrected chi connectivity index (χ1v) is 5.79. The van der Waals surface area contributed by atoms with Crippen molar-refractivity contribution in [2.24, 2.45) is 7.05 Å². The van der Waals surface area contributed by atoms with Gasteiger partial charge in [-0.1, -0.05) is 11.6 Å². The van der Waals surface area contributed by atoms with E-state index in [0.717, 1.165) is 16.7 Å². The Labute approximate surface area is 114 Å². The number of H-pyrrole nitrogens is 1. The minimum Gasteiger partial charge on any atom is -0.618 e. The lowest BCUT2D eigenvalue weighted by molar-refractivity contribution is -0.549. The number of halogens is 2. The monoisotopic (exact) mass is 296 g/mol. The highest BCUT2D eigenvalue weighted by molar-refractivity contribution is 6.31. The molecule has 1 N–H and O–H groups in total. The largest absolute Gasteiger partial charge is 0.618 e. The Morgan fingerprint density at radius 1 is 1.45 bits per heavy atom. The zero-order valence-corrected chi connectivity index (χ0v) is 10.7. The maximum Gasteiger partial charge on any atom is 0.330 e. The third-order valence-electron chi connectivity index (χ3n) is 2.94. The number of aromatic amines is 1. The van der Waals surface area contributed by atoms with Gasteiger partial charge < -0.3 is 5.21 Å². The molecule has 0 saturated heterocycles. The van der Waals surface area contributed by atoms with E-state index >= 15 is 0 Å². The number of nitrogens with zero attached hydrogens (tertiary/aromatic N) is 3. The van der Waals surface area contributed by atoms with E-state index in [1.807, 2.05) is 4.98 Å². The van der Waals surface area contributed by atoms with E-state index in [2.05, 4.69) is 4.98 Å². The lowest BCUT2D eigenvalue weighted by atomic mass is 10.3. The highest BCUT2D eigenvalue weighted by atomic mass is 35.5. The first kappa shape index (κ1) is 12.5. The molecule has 0 unspecified atom stereocenters. The Morgan fingerprint density at radius 3 is 2.85 bits per heavy atom. The second-order valence-electron chi connectivity index (χ2n) is 4.15. The minimum atomic E-state index is -0.886. The summed E-state index contributed by atoms with van der Waals surface area (Å²) in [6.07, 6.45) is 0. The van der Waals surface area contributed by atoms with Crippen LogP contribution < -0.4 is 16.0 Å². The molecule has 3 rings (SSSR count). The number of aryl methyl sites for hydroxylation is 1. The fourth-order valence-electron chi connectivity index (χ4n) is 1.92. The Morgan fingerprint density at radius 2 is 2.15 bits per heavy atom. The van der Waals surface area contributed by atoms with Gasteiger partial charge in [0.25, 0.3) is 0 Å². The van der Waals surface area contributed by atoms with Crippen LogP contribution in [-0.2, 0) is 7.05 Å². The predicted octanol–water partition coefficient (Wildman–Crippen LogP) is 0.201. The Balaban J connectivity index is 2.68. The molecular formula is C11H6ClFN4O3. The van der Waals surface area contributed by atoms with Gasteiger partial charge in [-0.05, 0) is 6.07 Å². The van der Waals surface area contributed by atoms with Gasteiger partial charge in [-0.15, -0.1) is 0 Å². The summed E-state index contributed by atoms with van der Waals surface area (Å²) >= 11 is 5.63. The van der Waals surface area contributed by atoms with Crippen molar-refractivity contribution in [3.63, 3.8) is 0 Å². The van der Waals surface area contributed by atoms with Crippen LogP contribution in [0.1, 0.15) is 0 Å². The van der Waals surface area contributed by atoms with Gasteiger partial charge in [0, 0.05) is 7.05 Å². The lowest BCUT2D eigenvalue weighted by Crippen LogP contribution is -2.40. The fraction of sp³-hybridized carbons (Fsp3) is 0.0909. The van der Waals surface area contributed by atoms with E-state index in [9.17, 15) is 19.2 Å². The maximum atomic E-state index is 13.4. The number of aromatic nitrogens is 4. The van der Waals surface area contributed by atoms with Crippen LogP contribution in [0.2, 0.25) is 5.02 Å². The second-order valence-corrected chi connectivity index (χ2v) is 4.56. The van der Waals surface area contributed by atoms with E-state index in [-0.39, 0.29) is 32.0 Å². The highest BCUT2D eigenvalue weighted by Gasteiger charge is 2.20. The molecule has 0 aliphatic rings. The van der Waals surface area contributed by atoms with Gasteiger partial charge >= 0.3 is 16.8 Å². The third kappa shape index (κ3) is 1.58. The second kappa shape index (κ2) is 4.01. The Hall–Kier alpha value is -2.48. The van der Waals surface area contributed by atoms with Crippen LogP contribution in [0.5, 0.6) is 0 Å². The summed E-state index contributed by atoms with van der Waals surface area (Å²) in [5.41, 5.74) is -2.14. The van der Waals surface area contributed by atoms with Crippen molar-refractivity contribution in [2.75, 3.05) is 0 Å². The number of hydrogen-bond acceptors (Lipinski definition) is 4. The molecule has 0 radical (unpaired) electrons. The van der Waals surface area contributed by atoms with Gasteiger partial charge in [-0.3, -0.25) is 14.3 Å². The number of nitrogens with one attached hydrogen (secondary N) is 1. The zero-order valence-electron chi connectivity index (χ0n) is 9.98. The van der Waals surface area contributed by atoms with E-state index in [0.29, 0.717) is 0 Å². The van der Waals surface area contributed by atoms with Crippen molar-refractivity contribution in [1.82, 2.24) is 14.5 Å². The van der Waals surface area contributed by atoms with Gasteiger partial charge in [-0.25, -0.2) is 14.2 Å². The number of fused-ring (bicyclic) bond motifs is 2. The van der Waals surface area contributed by atoms with Crippen molar-refractivity contribution >= 4 is 33.8 Å². The van der Waals surface area contributed by atoms with Crippen LogP contribution in [-0.4, -0.2) is 14.5 Å². The molecule has 9 heteroatoms. The van der Waals surface area contributed by atoms with Gasteiger partial charge in [0.15, 0.2) is 0 Å². The third-order valence-corrected chi connectivity index (χ3v) is 3.23. The average molecular weight is 297 g/mol. The highest BCUT2D eigenvalue weighted by Crippen LogP contribution is 2.20. The molecule has 0 aliphatic heterocycles. The van der Waals surface area contributed by atoms with Crippen molar-refractivity contribution in [2.45, 2.75) is 0 Å². The van der Waals surface area contributed by atoms with E-state index in [1.165, 1.54) is 7.05 Å². The molecule has 7 nitrogen and oxygen atoms in total. The van der Waals surface area contributed by atoms with Crippen molar-refractivity contribution in [1.29, 1.82) is 0 Å². The van der Waals surface area contributed by atoms with Crippen LogP contribution >= 0.6 is 11.6 Å². The Bertz CT molecular complexity index is 995. The molecule has 0 fully saturated rings. The molecule has 0 aliphatic carbocycles. The van der Waals surface area contributed by atoms with Crippen molar-refractivity contribution in [3.8, 4) is 0 Å². The molecule has 2 aromatic heterocycles. The first-order valence-electron chi connectivity index (χ1n) is 5.41. The molecule has 0 saturated carbocycles. The topological polar surface area (TPSA) is 94.7 Å². The average Bonchev–Trinajstić information content (AvgIpc) is 2.38. The Kier molecular flexibility index (Phi) is 2.51. The molecule has 0 spiro atoms. The van der Waals surface area contributed by atoms with Crippen molar-refractivity contribution < 1.29 is 9.12 Å². The summed E-state index contributed by atoms with van der Waals surface area (Å²) in [6.45, 7) is 0. The normalized spacial score (nSPS) is 11.3. The van der Waals surface area contributed by atoms with Gasteiger partial charge in [0.2, 0.25) is 11.2 Å². The van der Waals surface area contributed by atoms with Gasteiger partial charge in [0.1, 0.15) is 11.3 Å². The smallest absolute Gasteiger partial charge is 0.330 e. The molecular weight excluding hydrogens is 291 g/mol. The predicted molar refractivity (Wildman–Crippen MR) is 69.0 cm³/mol. The SMILES string of the molecule is Cn1c(=O)[nH]c(=O)c2c1nc1cc(Cl)c(F)cc1[n+]2[O-]. The molecule has 0 bridgehead atoms. The quantitative estimate of drug-likeness (QED) is 0.364. The molecule has 2 heterocycles. The minimum absolute atomic E-state index is 0.0829. The molecule has 0 amide bonds. The molecule has 1 aromatic carbocycles. The lowest BCUT2D eigenvalue weighted by Gasteiger charge is -2.07. The standard InChI is InChI=1S/C11H6ClFN4O3/c1-16-9-8(10(18)15-11(16)19)17(20)7-3-5(13)4(12)2-6(7)14-9/h2-3H,1H3,(H,15,18,19). The number of rotatable bonds is 0. The summed E-state index contributed by atoms with van der Waals surface area (Å²) in [5.74, 6) is -0.800. The van der Waals surface area contributed by atoms with Crippen LogP contribution in [0.4, 0.5) is 4.39 Å². The van der Waals surface area contributed by atoms with Gasteiger partial charge in [-0.2, -0.15) is 4.73 Å². The fourth-order valence-corrected chi connectivity index (χ4v) is 2.08. The van der Waals surface area contributed by atoms with Crippen LogP contribution in [0.15, 0.2) is 21.7 Å². The molecule has 102 valence electrons. The number of hydrogen-bond donors (Lipinski definition) is 1. The van der Waals surface area contributed by atoms with Crippen molar-refractivity contribution in [3.05, 3.63) is 49.0 Å². The van der Waals surface area contributed by atoms with Gasteiger partial charge in [0.05, 0.1) is 11.1 Å². The van der Waals surface area contributed by atoms with E-state index in [4.69, 9.17) is 11.6 Å². The zero-order chi connectivity index (χ0) is 14.6. The summed E-state index contributed by atoms with van der Waals surface area (Å²) in [4.78, 5) is 29.2. The van der Waals surface area contributed by atoms with Crippen LogP contribution in [0.25, 0.3) is 22.2 Å². The van der Waals surface area contributed by atoms with E-state index in [1.54, 1.807) is 0 Å². The van der Waals surface area contributed by atoms with E-state index < -0.39 is 17.1 Å². The van der Waals surface area contributed by atoms with Crippen LogP contribution in [0.3, 0.4) is 0 Å². The maximum absolute atomic E-state index is 13.4. The molecule has 3 aromatic rings.